The lowest BCUT2D eigenvalue weighted by atomic mass is 10.1. The lowest BCUT2D eigenvalue weighted by Crippen LogP contribution is -1.88. The van der Waals surface area contributed by atoms with Gasteiger partial charge in [0.25, 0.3) is 0 Å². The minimum Gasteiger partial charge on any atom is -0.405 e. The normalized spacial score (nSPS) is 11.5. The van der Waals surface area contributed by atoms with Crippen LogP contribution in [0.4, 0.5) is 5.69 Å². The number of halogens is 1. The standard InChI is InChI=1S/C11H13ClN2/c12-11-6-5-10(14)8-9(11)4-2-1-3-7-13/h1-3,5-8H,4,13-14H2/b2-1-,7-3-. The Morgan fingerprint density at radius 3 is 2.79 bits per heavy atom. The molecule has 1 aromatic rings. The number of nitrogens with two attached hydrogens (primary N) is 2. The van der Waals surface area contributed by atoms with E-state index in [9.17, 15) is 0 Å². The van der Waals surface area contributed by atoms with Crippen LogP contribution in [-0.2, 0) is 6.42 Å². The molecular formula is C11H13ClN2. The predicted octanol–water partition coefficient (Wildman–Crippen LogP) is 2.49. The molecule has 0 amide bonds. The molecule has 0 saturated carbocycles. The second-order valence-corrected chi connectivity index (χ2v) is 3.28. The molecule has 1 aromatic carbocycles. The van der Waals surface area contributed by atoms with Gasteiger partial charge in [-0.25, -0.2) is 0 Å². The summed E-state index contributed by atoms with van der Waals surface area (Å²) in [5.41, 5.74) is 12.6. The highest BCUT2D eigenvalue weighted by molar-refractivity contribution is 6.31. The van der Waals surface area contributed by atoms with Crippen molar-refractivity contribution in [2.24, 2.45) is 5.73 Å². The summed E-state index contributed by atoms with van der Waals surface area (Å²) < 4.78 is 0. The molecule has 0 aromatic heterocycles. The fourth-order valence-corrected chi connectivity index (χ4v) is 1.28. The van der Waals surface area contributed by atoms with Crippen LogP contribution in [0.5, 0.6) is 0 Å². The van der Waals surface area contributed by atoms with Crippen molar-refractivity contribution in [1.29, 1.82) is 0 Å². The third-order valence-electron chi connectivity index (χ3n) is 1.77. The molecular weight excluding hydrogens is 196 g/mol. The first-order chi connectivity index (χ1) is 6.74. The molecule has 14 heavy (non-hydrogen) atoms. The van der Waals surface area contributed by atoms with E-state index in [1.807, 2.05) is 18.2 Å². The zero-order valence-electron chi connectivity index (χ0n) is 7.78. The van der Waals surface area contributed by atoms with E-state index >= 15 is 0 Å². The smallest absolute Gasteiger partial charge is 0.0442 e. The van der Waals surface area contributed by atoms with Crippen LogP contribution in [-0.4, -0.2) is 0 Å². The molecule has 0 heterocycles. The monoisotopic (exact) mass is 208 g/mol. The first-order valence-electron chi connectivity index (χ1n) is 4.31. The Morgan fingerprint density at radius 2 is 2.07 bits per heavy atom. The second kappa shape index (κ2) is 5.35. The maximum Gasteiger partial charge on any atom is 0.0442 e. The van der Waals surface area contributed by atoms with Crippen LogP contribution in [0.15, 0.2) is 42.6 Å². The first-order valence-corrected chi connectivity index (χ1v) is 4.69. The third kappa shape index (κ3) is 3.15. The highest BCUT2D eigenvalue weighted by Crippen LogP contribution is 2.19. The Hall–Kier alpha value is -1.41. The number of allylic oxidation sites excluding steroid dienone is 3. The van der Waals surface area contributed by atoms with Gasteiger partial charge < -0.3 is 11.5 Å². The van der Waals surface area contributed by atoms with E-state index in [1.165, 1.54) is 6.20 Å². The van der Waals surface area contributed by atoms with Gasteiger partial charge in [0.15, 0.2) is 0 Å². The van der Waals surface area contributed by atoms with Crippen LogP contribution >= 0.6 is 11.6 Å². The lowest BCUT2D eigenvalue weighted by molar-refractivity contribution is 1.27. The van der Waals surface area contributed by atoms with Gasteiger partial charge in [-0.1, -0.05) is 23.8 Å². The largest absolute Gasteiger partial charge is 0.405 e. The molecule has 0 bridgehead atoms. The van der Waals surface area contributed by atoms with E-state index in [0.717, 1.165) is 22.7 Å². The van der Waals surface area contributed by atoms with Crippen LogP contribution in [0.1, 0.15) is 5.56 Å². The maximum absolute atomic E-state index is 5.98. The Bertz CT molecular complexity index is 356. The van der Waals surface area contributed by atoms with Gasteiger partial charge in [-0.05, 0) is 42.5 Å². The third-order valence-corrected chi connectivity index (χ3v) is 2.13. The maximum atomic E-state index is 5.98. The van der Waals surface area contributed by atoms with Crippen molar-refractivity contribution in [1.82, 2.24) is 0 Å². The van der Waals surface area contributed by atoms with Gasteiger partial charge in [0, 0.05) is 10.7 Å². The van der Waals surface area contributed by atoms with Crippen LogP contribution < -0.4 is 11.5 Å². The molecule has 0 aliphatic rings. The molecule has 0 aliphatic heterocycles. The first kappa shape index (κ1) is 10.7. The van der Waals surface area contributed by atoms with Crippen LogP contribution in [0.25, 0.3) is 0 Å². The molecule has 0 spiro atoms. The van der Waals surface area contributed by atoms with E-state index in [-0.39, 0.29) is 0 Å². The number of benzene rings is 1. The van der Waals surface area contributed by atoms with Gasteiger partial charge >= 0.3 is 0 Å². The lowest BCUT2D eigenvalue weighted by Gasteiger charge is -2.01. The fourth-order valence-electron chi connectivity index (χ4n) is 1.09. The van der Waals surface area contributed by atoms with Crippen molar-refractivity contribution < 1.29 is 0 Å². The summed E-state index contributed by atoms with van der Waals surface area (Å²) in [7, 11) is 0. The minimum absolute atomic E-state index is 0.729. The number of rotatable bonds is 3. The number of anilines is 1. The van der Waals surface area contributed by atoms with Crippen molar-refractivity contribution >= 4 is 17.3 Å². The molecule has 0 radical (unpaired) electrons. The summed E-state index contributed by atoms with van der Waals surface area (Å²) in [4.78, 5) is 0. The van der Waals surface area contributed by atoms with Gasteiger partial charge in [0.1, 0.15) is 0 Å². The molecule has 0 aliphatic carbocycles. The molecule has 4 N–H and O–H groups in total. The van der Waals surface area contributed by atoms with Crippen molar-refractivity contribution in [3.05, 3.63) is 53.2 Å². The molecule has 2 nitrogen and oxygen atoms in total. The molecule has 1 rings (SSSR count). The number of hydrogen-bond donors (Lipinski definition) is 2. The van der Waals surface area contributed by atoms with E-state index in [1.54, 1.807) is 18.2 Å². The molecule has 0 atom stereocenters. The minimum atomic E-state index is 0.729. The van der Waals surface area contributed by atoms with Crippen molar-refractivity contribution in [2.75, 3.05) is 5.73 Å². The molecule has 74 valence electrons. The Kier molecular flexibility index (Phi) is 4.08. The Balaban J connectivity index is 2.71. The zero-order chi connectivity index (χ0) is 10.4. The van der Waals surface area contributed by atoms with Crippen LogP contribution in [0.2, 0.25) is 5.02 Å². The number of nitrogen functional groups attached to an aromatic ring is 1. The van der Waals surface area contributed by atoms with E-state index in [0.29, 0.717) is 0 Å². The second-order valence-electron chi connectivity index (χ2n) is 2.87. The summed E-state index contributed by atoms with van der Waals surface area (Å²) in [5, 5.41) is 0.737. The van der Waals surface area contributed by atoms with E-state index < -0.39 is 0 Å². The van der Waals surface area contributed by atoms with Gasteiger partial charge in [-0.2, -0.15) is 0 Å². The highest BCUT2D eigenvalue weighted by atomic mass is 35.5. The quantitative estimate of drug-likeness (QED) is 0.593. The van der Waals surface area contributed by atoms with Gasteiger partial charge in [0.05, 0.1) is 0 Å². The average Bonchev–Trinajstić information content (AvgIpc) is 2.18. The zero-order valence-corrected chi connectivity index (χ0v) is 8.54. The van der Waals surface area contributed by atoms with E-state index in [4.69, 9.17) is 23.1 Å². The van der Waals surface area contributed by atoms with Crippen molar-refractivity contribution in [3.8, 4) is 0 Å². The van der Waals surface area contributed by atoms with Crippen LogP contribution in [0, 0.1) is 0 Å². The molecule has 0 saturated heterocycles. The Labute approximate surface area is 88.9 Å². The summed E-state index contributed by atoms with van der Waals surface area (Å²) in [5.74, 6) is 0. The molecule has 0 unspecified atom stereocenters. The topological polar surface area (TPSA) is 52.0 Å². The van der Waals surface area contributed by atoms with Gasteiger partial charge in [0.2, 0.25) is 0 Å². The molecule has 0 fully saturated rings. The SMILES string of the molecule is N/C=C\C=C/Cc1cc(N)ccc1Cl. The van der Waals surface area contributed by atoms with Crippen molar-refractivity contribution in [2.45, 2.75) is 6.42 Å². The van der Waals surface area contributed by atoms with Gasteiger partial charge in [-0.15, -0.1) is 0 Å². The van der Waals surface area contributed by atoms with Crippen LogP contribution in [0.3, 0.4) is 0 Å². The molecule has 3 heteroatoms. The van der Waals surface area contributed by atoms with Crippen molar-refractivity contribution in [3.63, 3.8) is 0 Å². The fraction of sp³-hybridized carbons (Fsp3) is 0.0909. The summed E-state index contributed by atoms with van der Waals surface area (Å²) in [6, 6.07) is 5.47. The number of hydrogen-bond acceptors (Lipinski definition) is 2. The summed E-state index contributed by atoms with van der Waals surface area (Å²) in [6.45, 7) is 0. The highest BCUT2D eigenvalue weighted by Gasteiger charge is 1.97. The predicted molar refractivity (Wildman–Crippen MR) is 62.0 cm³/mol. The van der Waals surface area contributed by atoms with E-state index in [2.05, 4.69) is 0 Å². The summed E-state index contributed by atoms with van der Waals surface area (Å²) >= 11 is 5.98. The Morgan fingerprint density at radius 1 is 1.29 bits per heavy atom. The average molecular weight is 209 g/mol. The van der Waals surface area contributed by atoms with Gasteiger partial charge in [-0.3, -0.25) is 0 Å². The summed E-state index contributed by atoms with van der Waals surface area (Å²) in [6.07, 6.45) is 7.86.